The average Bonchev–Trinajstić information content (AvgIpc) is 3.00. The molecule has 1 amide bonds. The van der Waals surface area contributed by atoms with Crippen LogP contribution in [0.3, 0.4) is 0 Å². The van der Waals surface area contributed by atoms with Crippen LogP contribution in [0.2, 0.25) is 0 Å². The van der Waals surface area contributed by atoms with Gasteiger partial charge in [-0.3, -0.25) is 9.59 Å². The maximum Gasteiger partial charge on any atom is 0.238 e. The lowest BCUT2D eigenvalue weighted by Gasteiger charge is -2.37. The maximum atomic E-state index is 12.9. The van der Waals surface area contributed by atoms with Crippen molar-refractivity contribution in [3.8, 4) is 0 Å². The summed E-state index contributed by atoms with van der Waals surface area (Å²) in [4.78, 5) is 25.0. The first-order valence-electron chi connectivity index (χ1n) is 9.57. The Bertz CT molecular complexity index is 741. The van der Waals surface area contributed by atoms with Gasteiger partial charge in [0.05, 0.1) is 24.3 Å². The number of fused-ring (bicyclic) bond motifs is 1. The van der Waals surface area contributed by atoms with Crippen LogP contribution in [0, 0.1) is 22.2 Å². The van der Waals surface area contributed by atoms with Gasteiger partial charge < -0.3 is 5.11 Å². The van der Waals surface area contributed by atoms with E-state index >= 15 is 0 Å². The molecular weight excluding hydrogens is 354 g/mol. The summed E-state index contributed by atoms with van der Waals surface area (Å²) in [5, 5.41) is 10.5. The molecule has 3 rings (SSSR count). The minimum Gasteiger partial charge on any atom is -0.392 e. The molecule has 3 fully saturated rings. The minimum atomic E-state index is -3.69. The highest BCUT2D eigenvalue weighted by Gasteiger charge is 2.72. The zero-order chi connectivity index (χ0) is 19.7. The normalized spacial score (nSPS) is 35.4. The van der Waals surface area contributed by atoms with Crippen molar-refractivity contribution in [2.75, 3.05) is 5.75 Å². The molecule has 148 valence electrons. The summed E-state index contributed by atoms with van der Waals surface area (Å²) in [5.41, 5.74) is -1.54. The van der Waals surface area contributed by atoms with Crippen LogP contribution in [0.4, 0.5) is 0 Å². The van der Waals surface area contributed by atoms with Gasteiger partial charge in [0.2, 0.25) is 15.9 Å². The number of carbonyl (C=O) groups excluding carboxylic acids is 2. The van der Waals surface area contributed by atoms with Gasteiger partial charge in [-0.15, -0.1) is 0 Å². The third kappa shape index (κ3) is 2.42. The fourth-order valence-electron chi connectivity index (χ4n) is 5.77. The van der Waals surface area contributed by atoms with Crippen LogP contribution >= 0.6 is 0 Å². The van der Waals surface area contributed by atoms with E-state index < -0.39 is 27.4 Å². The summed E-state index contributed by atoms with van der Waals surface area (Å²) >= 11 is 0. The zero-order valence-corrected chi connectivity index (χ0v) is 17.2. The molecule has 26 heavy (non-hydrogen) atoms. The van der Waals surface area contributed by atoms with Crippen molar-refractivity contribution in [3.05, 3.63) is 0 Å². The molecule has 1 N–H and O–H groups in total. The third-order valence-corrected chi connectivity index (χ3v) is 9.84. The van der Waals surface area contributed by atoms with E-state index in [2.05, 4.69) is 13.8 Å². The molecule has 0 radical (unpaired) electrons. The smallest absolute Gasteiger partial charge is 0.238 e. The largest absolute Gasteiger partial charge is 0.392 e. The van der Waals surface area contributed by atoms with Crippen LogP contribution in [-0.4, -0.2) is 47.4 Å². The van der Waals surface area contributed by atoms with Crippen LogP contribution in [-0.2, 0) is 19.6 Å². The summed E-state index contributed by atoms with van der Waals surface area (Å²) in [6.07, 6.45) is 1.30. The van der Waals surface area contributed by atoms with Gasteiger partial charge >= 0.3 is 0 Å². The number of Topliss-reactive ketones (excluding diaryl/α,β-unsaturated/α-hetero) is 1. The number of amides is 1. The lowest BCUT2D eigenvalue weighted by atomic mass is 9.69. The average molecular weight is 386 g/mol. The van der Waals surface area contributed by atoms with Crippen molar-refractivity contribution in [2.45, 2.75) is 78.9 Å². The second-order valence-corrected chi connectivity index (χ2v) is 11.4. The summed E-state index contributed by atoms with van der Waals surface area (Å²) in [5.74, 6) is -0.256. The summed E-state index contributed by atoms with van der Waals surface area (Å²) in [7, 11) is -3.69. The van der Waals surface area contributed by atoms with Crippen LogP contribution < -0.4 is 0 Å². The number of aliphatic hydroxyl groups is 1. The molecule has 0 aromatic rings. The Morgan fingerprint density at radius 2 is 1.92 bits per heavy atom. The molecule has 1 heterocycles. The predicted molar refractivity (Wildman–Crippen MR) is 97.7 cm³/mol. The number of sulfonamides is 1. The van der Waals surface area contributed by atoms with Gasteiger partial charge in [-0.25, -0.2) is 12.7 Å². The first-order chi connectivity index (χ1) is 11.8. The predicted octanol–water partition coefficient (Wildman–Crippen LogP) is 2.11. The number of hydrogen-bond acceptors (Lipinski definition) is 5. The Kier molecular flexibility index (Phi) is 4.40. The Morgan fingerprint density at radius 1 is 1.31 bits per heavy atom. The quantitative estimate of drug-likeness (QED) is 0.782. The van der Waals surface area contributed by atoms with Crippen molar-refractivity contribution >= 4 is 21.7 Å². The number of rotatable bonds is 5. The van der Waals surface area contributed by atoms with Crippen LogP contribution in [0.1, 0.15) is 66.7 Å². The first-order valence-corrected chi connectivity index (χ1v) is 11.2. The van der Waals surface area contributed by atoms with Crippen molar-refractivity contribution in [1.29, 1.82) is 0 Å². The molecular formula is C19H31NO5S. The molecule has 1 aliphatic heterocycles. The lowest BCUT2D eigenvalue weighted by Crippen LogP contribution is -2.47. The number of hydrogen-bond donors (Lipinski definition) is 1. The molecule has 0 aromatic carbocycles. The highest BCUT2D eigenvalue weighted by atomic mass is 32.2. The van der Waals surface area contributed by atoms with Crippen LogP contribution in [0.5, 0.6) is 0 Å². The Labute approximate surface area is 156 Å². The molecule has 0 aromatic heterocycles. The van der Waals surface area contributed by atoms with E-state index in [1.807, 2.05) is 0 Å². The van der Waals surface area contributed by atoms with E-state index in [0.29, 0.717) is 12.3 Å². The number of carbonyl (C=O) groups is 2. The fourth-order valence-corrected chi connectivity index (χ4v) is 8.33. The molecule has 3 aliphatic rings. The summed E-state index contributed by atoms with van der Waals surface area (Å²) in [6.45, 7) is 9.19. The van der Waals surface area contributed by atoms with Gasteiger partial charge in [0.1, 0.15) is 5.78 Å². The van der Waals surface area contributed by atoms with Gasteiger partial charge in [0, 0.05) is 17.3 Å². The second-order valence-electron chi connectivity index (χ2n) is 9.53. The van der Waals surface area contributed by atoms with Crippen LogP contribution in [0.15, 0.2) is 0 Å². The van der Waals surface area contributed by atoms with E-state index in [-0.39, 0.29) is 41.2 Å². The van der Waals surface area contributed by atoms with Crippen molar-refractivity contribution in [1.82, 2.24) is 4.31 Å². The van der Waals surface area contributed by atoms with E-state index in [1.54, 1.807) is 20.8 Å². The molecule has 6 nitrogen and oxygen atoms in total. The highest BCUT2D eigenvalue weighted by Crippen LogP contribution is 2.70. The molecule has 2 bridgehead atoms. The van der Waals surface area contributed by atoms with Gasteiger partial charge in [0.25, 0.3) is 0 Å². The molecule has 1 unspecified atom stereocenters. The first kappa shape index (κ1) is 19.8. The highest BCUT2D eigenvalue weighted by molar-refractivity contribution is 7.90. The van der Waals surface area contributed by atoms with E-state index in [0.717, 1.165) is 17.1 Å². The summed E-state index contributed by atoms with van der Waals surface area (Å²) in [6, 6.07) is -0.300. The monoisotopic (exact) mass is 385 g/mol. The molecule has 1 spiro atoms. The van der Waals surface area contributed by atoms with Crippen molar-refractivity contribution < 1.29 is 23.1 Å². The lowest BCUT2D eigenvalue weighted by molar-refractivity contribution is -0.138. The van der Waals surface area contributed by atoms with E-state index in [1.165, 1.54) is 0 Å². The molecule has 7 heteroatoms. The molecule has 2 saturated carbocycles. The maximum absolute atomic E-state index is 12.9. The SMILES string of the molecule is CCC(=O)C(C)(C)C(O)CC(=O)N1[C@H]2C[C@@H]3CC[C@@]2(CS1(=O)=O)C3(C)C. The van der Waals surface area contributed by atoms with E-state index in [4.69, 9.17) is 0 Å². The van der Waals surface area contributed by atoms with Crippen molar-refractivity contribution in [2.24, 2.45) is 22.2 Å². The Morgan fingerprint density at radius 3 is 2.46 bits per heavy atom. The number of aliphatic hydroxyl groups excluding tert-OH is 1. The Balaban J connectivity index is 1.86. The Hall–Kier alpha value is -0.950. The van der Waals surface area contributed by atoms with Gasteiger partial charge in [-0.2, -0.15) is 0 Å². The molecule has 1 saturated heterocycles. The van der Waals surface area contributed by atoms with Gasteiger partial charge in [-0.05, 0) is 30.6 Å². The summed E-state index contributed by atoms with van der Waals surface area (Å²) < 4.78 is 26.8. The van der Waals surface area contributed by atoms with Crippen molar-refractivity contribution in [3.63, 3.8) is 0 Å². The number of nitrogens with zero attached hydrogens (tertiary/aromatic N) is 1. The molecule has 4 atom stereocenters. The minimum absolute atomic E-state index is 0.0211. The number of ketones is 1. The third-order valence-electron chi connectivity index (χ3n) is 7.90. The zero-order valence-electron chi connectivity index (χ0n) is 16.4. The second kappa shape index (κ2) is 5.77. The van der Waals surface area contributed by atoms with Crippen LogP contribution in [0.25, 0.3) is 0 Å². The fraction of sp³-hybridized carbons (Fsp3) is 0.895. The topological polar surface area (TPSA) is 91.8 Å². The van der Waals surface area contributed by atoms with Gasteiger partial charge in [-0.1, -0.05) is 34.6 Å². The van der Waals surface area contributed by atoms with Gasteiger partial charge in [0.15, 0.2) is 0 Å². The standard InChI is InChI=1S/C19H31NO5S/c1-6-14(21)17(2,3)15(22)10-16(23)20-13-9-12-7-8-19(13,18(12,4)5)11-26(20,24)25/h12-13,15,22H,6-11H2,1-5H3/t12-,13-,15?,19-/m0/s1. The van der Waals surface area contributed by atoms with E-state index in [9.17, 15) is 23.1 Å². The molecule has 2 aliphatic carbocycles.